The van der Waals surface area contributed by atoms with Gasteiger partial charge >= 0.3 is 0 Å². The molecule has 1 saturated heterocycles. The summed E-state index contributed by atoms with van der Waals surface area (Å²) in [6, 6.07) is 7.61. The fraction of sp³-hybridized carbons (Fsp3) is 0.409. The number of ether oxygens (including phenoxy) is 1. The molecule has 1 unspecified atom stereocenters. The van der Waals surface area contributed by atoms with E-state index in [2.05, 4.69) is 4.98 Å². The zero-order chi connectivity index (χ0) is 20.5. The predicted octanol–water partition coefficient (Wildman–Crippen LogP) is 3.56. The number of fused-ring (bicyclic) bond motifs is 1. The van der Waals surface area contributed by atoms with Crippen LogP contribution in [0.15, 0.2) is 29.1 Å². The first-order chi connectivity index (χ1) is 14.0. The van der Waals surface area contributed by atoms with Crippen LogP contribution in [0.25, 0.3) is 10.2 Å². The number of methoxy groups -OCH3 is 1. The van der Waals surface area contributed by atoms with Crippen molar-refractivity contribution >= 4 is 27.5 Å². The number of nitrogens with zero attached hydrogens (tertiary/aromatic N) is 2. The van der Waals surface area contributed by atoms with Crippen molar-refractivity contribution in [1.82, 2.24) is 14.9 Å². The molecule has 6 nitrogen and oxygen atoms in total. The van der Waals surface area contributed by atoms with E-state index < -0.39 is 0 Å². The molecular weight excluding hydrogens is 386 g/mol. The smallest absolute Gasteiger partial charge is 0.259 e. The topological polar surface area (TPSA) is 75.3 Å². The number of amides is 1. The van der Waals surface area contributed by atoms with Crippen molar-refractivity contribution in [2.75, 3.05) is 20.2 Å². The minimum atomic E-state index is -0.0793. The molecule has 0 spiro atoms. The lowest BCUT2D eigenvalue weighted by atomic mass is 9.96. The molecule has 1 fully saturated rings. The summed E-state index contributed by atoms with van der Waals surface area (Å²) in [6.45, 7) is 5.28. The molecule has 29 heavy (non-hydrogen) atoms. The van der Waals surface area contributed by atoms with Gasteiger partial charge in [0.15, 0.2) is 0 Å². The highest BCUT2D eigenvalue weighted by Crippen LogP contribution is 2.30. The number of para-hydroxylation sites is 1. The Morgan fingerprint density at radius 2 is 2.14 bits per heavy atom. The van der Waals surface area contributed by atoms with E-state index in [-0.39, 0.29) is 17.4 Å². The van der Waals surface area contributed by atoms with Crippen LogP contribution in [0.3, 0.4) is 0 Å². The van der Waals surface area contributed by atoms with Gasteiger partial charge in [-0.15, -0.1) is 11.3 Å². The van der Waals surface area contributed by atoms with Crippen LogP contribution in [0.2, 0.25) is 0 Å². The molecule has 0 bridgehead atoms. The maximum absolute atomic E-state index is 12.9. The number of benzene rings is 1. The number of H-pyrrole nitrogens is 1. The largest absolute Gasteiger partial charge is 0.496 e. The summed E-state index contributed by atoms with van der Waals surface area (Å²) >= 11 is 1.56. The number of aromatic amines is 1. The van der Waals surface area contributed by atoms with E-state index >= 15 is 0 Å². The van der Waals surface area contributed by atoms with E-state index in [0.29, 0.717) is 24.2 Å². The lowest BCUT2D eigenvalue weighted by molar-refractivity contribution is -0.131. The van der Waals surface area contributed by atoms with Crippen molar-refractivity contribution in [1.29, 1.82) is 0 Å². The summed E-state index contributed by atoms with van der Waals surface area (Å²) in [4.78, 5) is 37.1. The van der Waals surface area contributed by atoms with E-state index in [4.69, 9.17) is 9.72 Å². The molecule has 1 N–H and O–H groups in total. The number of nitrogens with one attached hydrogen (secondary N) is 1. The van der Waals surface area contributed by atoms with Crippen molar-refractivity contribution in [3.8, 4) is 5.75 Å². The number of rotatable bonds is 4. The lowest BCUT2D eigenvalue weighted by Gasteiger charge is -2.32. The minimum Gasteiger partial charge on any atom is -0.496 e. The zero-order valence-electron chi connectivity index (χ0n) is 16.9. The number of piperidine rings is 1. The highest BCUT2D eigenvalue weighted by Gasteiger charge is 2.27. The monoisotopic (exact) mass is 411 g/mol. The SMILES string of the molecule is COc1ccccc1CC(=O)N1CCCC(c2nc3sc(C)c(C)c3c(=O)[nH]2)C1. The molecule has 3 aromatic rings. The fourth-order valence-electron chi connectivity index (χ4n) is 4.02. The van der Waals surface area contributed by atoms with Gasteiger partial charge in [0.25, 0.3) is 5.56 Å². The first-order valence-corrected chi connectivity index (χ1v) is 10.7. The Kier molecular flexibility index (Phi) is 5.41. The van der Waals surface area contributed by atoms with Gasteiger partial charge < -0.3 is 14.6 Å². The molecule has 152 valence electrons. The second-order valence-corrected chi connectivity index (χ2v) is 8.79. The van der Waals surface area contributed by atoms with Gasteiger partial charge in [-0.05, 0) is 38.3 Å². The van der Waals surface area contributed by atoms with Gasteiger partial charge in [-0.2, -0.15) is 0 Å². The van der Waals surface area contributed by atoms with E-state index in [0.717, 1.165) is 46.0 Å². The zero-order valence-corrected chi connectivity index (χ0v) is 17.8. The van der Waals surface area contributed by atoms with Gasteiger partial charge in [0.1, 0.15) is 16.4 Å². The summed E-state index contributed by atoms with van der Waals surface area (Å²) in [7, 11) is 1.62. The number of likely N-dealkylation sites (tertiary alicyclic amines) is 1. The maximum atomic E-state index is 12.9. The van der Waals surface area contributed by atoms with Crippen LogP contribution in [-0.4, -0.2) is 41.0 Å². The molecule has 2 aromatic heterocycles. The van der Waals surface area contributed by atoms with Crippen LogP contribution < -0.4 is 10.3 Å². The summed E-state index contributed by atoms with van der Waals surface area (Å²) in [6.07, 6.45) is 2.12. The highest BCUT2D eigenvalue weighted by molar-refractivity contribution is 7.18. The average molecular weight is 412 g/mol. The van der Waals surface area contributed by atoms with Crippen molar-refractivity contribution in [2.24, 2.45) is 0 Å². The van der Waals surface area contributed by atoms with E-state index in [1.54, 1.807) is 18.4 Å². The number of hydrogen-bond acceptors (Lipinski definition) is 5. The molecular formula is C22H25N3O3S. The van der Waals surface area contributed by atoms with Crippen LogP contribution in [0, 0.1) is 13.8 Å². The van der Waals surface area contributed by atoms with Gasteiger partial charge in [-0.3, -0.25) is 9.59 Å². The molecule has 1 atom stereocenters. The quantitative estimate of drug-likeness (QED) is 0.712. The second-order valence-electron chi connectivity index (χ2n) is 7.58. The molecule has 1 amide bonds. The third kappa shape index (κ3) is 3.79. The number of thiophene rings is 1. The van der Waals surface area contributed by atoms with Crippen LogP contribution in [-0.2, 0) is 11.2 Å². The Bertz CT molecular complexity index is 1120. The van der Waals surface area contributed by atoms with E-state index in [1.165, 1.54) is 0 Å². The van der Waals surface area contributed by atoms with E-state index in [1.807, 2.05) is 43.0 Å². The Morgan fingerprint density at radius 1 is 1.34 bits per heavy atom. The van der Waals surface area contributed by atoms with Gasteiger partial charge in [0.05, 0.1) is 18.9 Å². The van der Waals surface area contributed by atoms with Gasteiger partial charge in [0.2, 0.25) is 5.91 Å². The minimum absolute atomic E-state index is 0.0465. The first kappa shape index (κ1) is 19.6. The second kappa shape index (κ2) is 7.99. The number of carbonyl (C=O) groups excluding carboxylic acids is 1. The van der Waals surface area contributed by atoms with Crippen molar-refractivity contribution < 1.29 is 9.53 Å². The fourth-order valence-corrected chi connectivity index (χ4v) is 5.05. The molecule has 7 heteroatoms. The molecule has 1 aliphatic heterocycles. The van der Waals surface area contributed by atoms with Gasteiger partial charge in [0, 0.05) is 29.4 Å². The number of aryl methyl sites for hydroxylation is 2. The average Bonchev–Trinajstić information content (AvgIpc) is 3.02. The van der Waals surface area contributed by atoms with Crippen LogP contribution in [0.5, 0.6) is 5.75 Å². The molecule has 0 saturated carbocycles. The predicted molar refractivity (Wildman–Crippen MR) is 115 cm³/mol. The Morgan fingerprint density at radius 3 is 2.93 bits per heavy atom. The Hall–Kier alpha value is -2.67. The van der Waals surface area contributed by atoms with Crippen molar-refractivity contribution in [2.45, 2.75) is 39.0 Å². The third-order valence-electron chi connectivity index (χ3n) is 5.75. The van der Waals surface area contributed by atoms with Crippen molar-refractivity contribution in [3.05, 3.63) is 56.4 Å². The summed E-state index contributed by atoms with van der Waals surface area (Å²) in [5.74, 6) is 1.54. The Balaban J connectivity index is 1.54. The van der Waals surface area contributed by atoms with Crippen LogP contribution in [0.4, 0.5) is 0 Å². The van der Waals surface area contributed by atoms with Gasteiger partial charge in [-0.1, -0.05) is 18.2 Å². The Labute approximate surface area is 173 Å². The number of carbonyl (C=O) groups is 1. The molecule has 1 aromatic carbocycles. The molecule has 4 rings (SSSR count). The number of hydrogen-bond donors (Lipinski definition) is 1. The summed E-state index contributed by atoms with van der Waals surface area (Å²) < 4.78 is 5.37. The standard InChI is InChI=1S/C22H25N3O3S/c1-13-14(2)29-22-19(13)21(27)23-20(24-22)16-8-6-10-25(12-16)18(26)11-15-7-4-5-9-17(15)28-3/h4-5,7,9,16H,6,8,10-12H2,1-3H3,(H,23,24,27). The summed E-state index contributed by atoms with van der Waals surface area (Å²) in [5.41, 5.74) is 1.81. The van der Waals surface area contributed by atoms with Crippen LogP contribution in [0.1, 0.15) is 40.6 Å². The summed E-state index contributed by atoms with van der Waals surface area (Å²) in [5, 5.41) is 0.691. The number of aromatic nitrogens is 2. The highest BCUT2D eigenvalue weighted by atomic mass is 32.1. The molecule has 3 heterocycles. The van der Waals surface area contributed by atoms with Gasteiger partial charge in [-0.25, -0.2) is 4.98 Å². The normalized spacial score (nSPS) is 16.9. The molecule has 0 radical (unpaired) electrons. The molecule has 1 aliphatic rings. The lowest BCUT2D eigenvalue weighted by Crippen LogP contribution is -2.40. The van der Waals surface area contributed by atoms with E-state index in [9.17, 15) is 9.59 Å². The van der Waals surface area contributed by atoms with Crippen molar-refractivity contribution in [3.63, 3.8) is 0 Å². The maximum Gasteiger partial charge on any atom is 0.259 e. The third-order valence-corrected chi connectivity index (χ3v) is 6.85. The molecule has 0 aliphatic carbocycles. The van der Waals surface area contributed by atoms with Crippen LogP contribution >= 0.6 is 11.3 Å². The first-order valence-electron chi connectivity index (χ1n) is 9.87.